The van der Waals surface area contributed by atoms with E-state index in [9.17, 15) is 14.5 Å². The topological polar surface area (TPSA) is 110 Å². The third kappa shape index (κ3) is 7.42. The molecule has 0 radical (unpaired) electrons. The normalized spacial score (nSPS) is 10.9. The highest BCUT2D eigenvalue weighted by Crippen LogP contribution is 2.31. The number of amides is 1. The summed E-state index contributed by atoms with van der Waals surface area (Å²) in [4.78, 5) is 25.5. The maximum absolute atomic E-state index is 9.88. The summed E-state index contributed by atoms with van der Waals surface area (Å²) in [5.41, 5.74) is 0. The Morgan fingerprint density at radius 3 is 2.22 bits per heavy atom. The lowest BCUT2D eigenvalue weighted by atomic mass is 11.1. The Balaban J connectivity index is 3.53. The molecule has 0 bridgehead atoms. The zero-order chi connectivity index (χ0) is 7.49. The van der Waals surface area contributed by atoms with Crippen molar-refractivity contribution in [3.05, 3.63) is 0 Å². The smallest absolute Gasteiger partial charge is 0.344 e. The molecule has 0 atom stereocenters. The van der Waals surface area contributed by atoms with E-state index < -0.39 is 20.0 Å². The van der Waals surface area contributed by atoms with Crippen molar-refractivity contribution in [1.82, 2.24) is 5.32 Å². The first-order chi connectivity index (χ1) is 3.92. The Bertz CT molecular complexity index is 149. The van der Waals surface area contributed by atoms with Crippen molar-refractivity contribution < 1.29 is 24.3 Å². The van der Waals surface area contributed by atoms with Crippen LogP contribution in [0.3, 0.4) is 0 Å². The van der Waals surface area contributed by atoms with E-state index in [1.165, 1.54) is 5.32 Å². The molecular weight excluding hydrogens is 149 g/mol. The first-order valence-electron chi connectivity index (χ1n) is 1.91. The Morgan fingerprint density at radius 1 is 1.67 bits per heavy atom. The molecule has 6 nitrogen and oxygen atoms in total. The van der Waals surface area contributed by atoms with Gasteiger partial charge in [-0.3, -0.25) is 4.57 Å². The molecule has 1 amide bonds. The zero-order valence-electron chi connectivity index (χ0n) is 4.27. The van der Waals surface area contributed by atoms with E-state index in [1.54, 1.807) is 0 Å². The molecule has 54 valence electrons. The molecule has 0 heterocycles. The van der Waals surface area contributed by atoms with Crippen LogP contribution in [0.25, 0.3) is 0 Å². The van der Waals surface area contributed by atoms with Gasteiger partial charge in [0.15, 0.2) is 0 Å². The van der Waals surface area contributed by atoms with E-state index in [-0.39, 0.29) is 0 Å². The Hall–Kier alpha value is -0.580. The van der Waals surface area contributed by atoms with Gasteiger partial charge in [-0.1, -0.05) is 0 Å². The van der Waals surface area contributed by atoms with Crippen molar-refractivity contribution in [3.63, 3.8) is 0 Å². The molecule has 0 rings (SSSR count). The quantitative estimate of drug-likeness (QED) is 0.400. The van der Waals surface area contributed by atoms with Crippen LogP contribution >= 0.6 is 7.60 Å². The summed E-state index contributed by atoms with van der Waals surface area (Å²) in [6.07, 6.45) is -2.59. The van der Waals surface area contributed by atoms with Crippen LogP contribution in [0.2, 0.25) is 0 Å². The van der Waals surface area contributed by atoms with Crippen LogP contribution in [-0.2, 0) is 4.57 Å². The lowest BCUT2D eigenvalue weighted by Gasteiger charge is -2.06. The molecule has 0 unspecified atom stereocenters. The number of hydrogen-bond donors (Lipinski definition) is 3. The summed E-state index contributed by atoms with van der Waals surface area (Å²) in [6, 6.07) is 0. The second kappa shape index (κ2) is 2.82. The summed E-state index contributed by atoms with van der Waals surface area (Å²) in [7, 11) is -4.25. The first kappa shape index (κ1) is 8.42. The number of carboxylic acid groups (broad SMARTS) is 1. The predicted molar refractivity (Wildman–Crippen MR) is 25.4 cm³/mol. The second-order valence-corrected chi connectivity index (χ2v) is 2.93. The van der Waals surface area contributed by atoms with Crippen LogP contribution in [0, 0.1) is 0 Å². The zero-order valence-corrected chi connectivity index (χ0v) is 5.17. The van der Waals surface area contributed by atoms with Gasteiger partial charge in [0.05, 0.1) is 0 Å². The fourth-order valence-electron chi connectivity index (χ4n) is 0.168. The number of rotatable bonds is 2. The van der Waals surface area contributed by atoms with Gasteiger partial charge in [0, 0.05) is 0 Å². The van der Waals surface area contributed by atoms with Gasteiger partial charge < -0.3 is 25.0 Å². The average Bonchev–Trinajstić information content (AvgIpc) is 1.59. The van der Waals surface area contributed by atoms with Gasteiger partial charge in [-0.15, -0.1) is 0 Å². The molecular formula is C2H5NO5P-. The summed E-state index contributed by atoms with van der Waals surface area (Å²) >= 11 is 0. The van der Waals surface area contributed by atoms with Gasteiger partial charge in [0.25, 0.3) is 0 Å². The van der Waals surface area contributed by atoms with E-state index in [4.69, 9.17) is 9.79 Å². The molecule has 3 N–H and O–H groups in total. The van der Waals surface area contributed by atoms with Gasteiger partial charge in [0.2, 0.25) is 0 Å². The molecule has 0 aromatic heterocycles. The molecule has 0 spiro atoms. The average molecular weight is 154 g/mol. The van der Waals surface area contributed by atoms with E-state index in [0.29, 0.717) is 0 Å². The minimum atomic E-state index is -4.25. The minimum Gasteiger partial charge on any atom is -0.530 e. The Morgan fingerprint density at radius 2 is 2.11 bits per heavy atom. The van der Waals surface area contributed by atoms with Crippen LogP contribution in [0.5, 0.6) is 0 Å². The van der Waals surface area contributed by atoms with E-state index in [1.807, 2.05) is 0 Å². The highest BCUT2D eigenvalue weighted by molar-refractivity contribution is 7.51. The molecule has 0 saturated heterocycles. The van der Waals surface area contributed by atoms with Gasteiger partial charge in [-0.2, -0.15) is 0 Å². The maximum atomic E-state index is 9.88. The molecule has 0 saturated carbocycles. The molecule has 0 fully saturated rings. The van der Waals surface area contributed by atoms with Gasteiger partial charge in [-0.05, 0) is 0 Å². The molecule has 7 heteroatoms. The second-order valence-electron chi connectivity index (χ2n) is 1.29. The molecule has 0 aliphatic carbocycles. The first-order valence-corrected chi connectivity index (χ1v) is 3.71. The number of nitrogens with one attached hydrogen (secondary N) is 1. The molecule has 0 aromatic rings. The number of carbonyl (C=O) groups is 1. The van der Waals surface area contributed by atoms with Gasteiger partial charge in [0.1, 0.15) is 12.4 Å². The van der Waals surface area contributed by atoms with Crippen molar-refractivity contribution in [1.29, 1.82) is 0 Å². The van der Waals surface area contributed by atoms with E-state index in [0.717, 1.165) is 0 Å². The SMILES string of the molecule is O=C([O-])NCP(=O)(O)O. The summed E-state index contributed by atoms with van der Waals surface area (Å²) in [5, 5.41) is 10.9. The van der Waals surface area contributed by atoms with Crippen LogP contribution in [0.1, 0.15) is 0 Å². The number of hydrogen-bond acceptors (Lipinski definition) is 3. The van der Waals surface area contributed by atoms with E-state index in [2.05, 4.69) is 0 Å². The Labute approximate surface area is 50.7 Å². The van der Waals surface area contributed by atoms with Crippen molar-refractivity contribution >= 4 is 13.7 Å². The predicted octanol–water partition coefficient (Wildman–Crippen LogP) is -1.95. The number of carbonyl (C=O) groups excluding carboxylic acids is 1. The molecule has 0 aliphatic heterocycles. The van der Waals surface area contributed by atoms with Crippen LogP contribution in [0.4, 0.5) is 4.79 Å². The Kier molecular flexibility index (Phi) is 2.64. The molecule has 0 aliphatic rings. The third-order valence-corrected chi connectivity index (χ3v) is 0.999. The monoisotopic (exact) mass is 154 g/mol. The van der Waals surface area contributed by atoms with Gasteiger partial charge >= 0.3 is 7.60 Å². The third-order valence-electron chi connectivity index (χ3n) is 0.429. The standard InChI is InChI=1S/C2H6NO5P/c4-2(5)3-1-9(6,7)8/h3H,1H2,(H,4,5)(H2,6,7,8)/p-1. The van der Waals surface area contributed by atoms with Gasteiger partial charge in [-0.25, -0.2) is 0 Å². The highest BCUT2D eigenvalue weighted by atomic mass is 31.2. The maximum Gasteiger partial charge on any atom is 0.344 e. The minimum absolute atomic E-state index is 0.894. The van der Waals surface area contributed by atoms with Crippen molar-refractivity contribution in [2.45, 2.75) is 0 Å². The lowest BCUT2D eigenvalue weighted by molar-refractivity contribution is -0.250. The lowest BCUT2D eigenvalue weighted by Crippen LogP contribution is -2.36. The van der Waals surface area contributed by atoms with Crippen LogP contribution < -0.4 is 10.4 Å². The van der Waals surface area contributed by atoms with Crippen molar-refractivity contribution in [2.24, 2.45) is 0 Å². The fraction of sp³-hybridized carbons (Fsp3) is 0.500. The fourth-order valence-corrected chi connectivity index (χ4v) is 0.503. The summed E-state index contributed by atoms with van der Waals surface area (Å²) < 4.78 is 9.88. The molecule has 9 heavy (non-hydrogen) atoms. The van der Waals surface area contributed by atoms with Crippen LogP contribution in [-0.4, -0.2) is 22.2 Å². The summed E-state index contributed by atoms with van der Waals surface area (Å²) in [6.45, 7) is 0. The van der Waals surface area contributed by atoms with Crippen molar-refractivity contribution in [2.75, 3.05) is 6.29 Å². The largest absolute Gasteiger partial charge is 0.530 e. The van der Waals surface area contributed by atoms with Crippen LogP contribution in [0.15, 0.2) is 0 Å². The van der Waals surface area contributed by atoms with E-state index >= 15 is 0 Å². The highest BCUT2D eigenvalue weighted by Gasteiger charge is 2.10. The van der Waals surface area contributed by atoms with Crippen molar-refractivity contribution in [3.8, 4) is 0 Å². The molecule has 0 aromatic carbocycles. The summed E-state index contributed by atoms with van der Waals surface area (Å²) in [5.74, 6) is 0.